The van der Waals surface area contributed by atoms with Crippen molar-refractivity contribution in [2.75, 3.05) is 4.90 Å². The van der Waals surface area contributed by atoms with Crippen LogP contribution >= 0.6 is 35.8 Å². The molecule has 23 heavy (non-hydrogen) atoms. The highest BCUT2D eigenvalue weighted by Gasteiger charge is 2.53. The number of carbonyl (C=O) groups excluding carboxylic acids is 2. The smallest absolute Gasteiger partial charge is 0.406 e. The van der Waals surface area contributed by atoms with Crippen LogP contribution in [-0.4, -0.2) is 33.3 Å². The molecule has 0 bridgehead atoms. The average Bonchev–Trinajstić information content (AvgIpc) is 2.59. The third kappa shape index (κ3) is 3.75. The predicted molar refractivity (Wildman–Crippen MR) is 76.2 cm³/mol. The van der Waals surface area contributed by atoms with Gasteiger partial charge in [-0.3, -0.25) is 4.79 Å². The molecule has 1 atom stereocenters. The fraction of sp³-hybridized carbons (Fsp3) is 0.273. The van der Waals surface area contributed by atoms with E-state index in [1.54, 1.807) is 0 Å². The van der Waals surface area contributed by atoms with Gasteiger partial charge in [-0.1, -0.05) is 0 Å². The van der Waals surface area contributed by atoms with Crippen LogP contribution < -0.4 is 9.64 Å². The van der Waals surface area contributed by atoms with Gasteiger partial charge in [0.25, 0.3) is 5.91 Å². The molecule has 1 aliphatic rings. The number of thiol groups is 1. The van der Waals surface area contributed by atoms with E-state index in [0.29, 0.717) is 4.90 Å². The fourth-order valence-corrected chi connectivity index (χ4v) is 2.66. The molecule has 1 saturated heterocycles. The first-order valence-corrected chi connectivity index (χ1v) is 6.97. The van der Waals surface area contributed by atoms with Crippen molar-refractivity contribution in [3.8, 4) is 5.75 Å². The second-order valence-corrected chi connectivity index (χ2v) is 5.89. The van der Waals surface area contributed by atoms with Crippen LogP contribution in [0.1, 0.15) is 0 Å². The van der Waals surface area contributed by atoms with Gasteiger partial charge in [-0.15, -0.1) is 25.8 Å². The van der Waals surface area contributed by atoms with E-state index in [1.165, 1.54) is 0 Å². The summed E-state index contributed by atoms with van der Waals surface area (Å²) in [6.07, 6.45) is -4.89. The van der Waals surface area contributed by atoms with Gasteiger partial charge in [0, 0.05) is 0 Å². The zero-order valence-corrected chi connectivity index (χ0v) is 13.1. The van der Waals surface area contributed by atoms with Gasteiger partial charge in [0.2, 0.25) is 0 Å². The molecule has 1 unspecified atom stereocenters. The number of imide groups is 1. The molecule has 1 aromatic carbocycles. The zero-order chi connectivity index (χ0) is 17.6. The van der Waals surface area contributed by atoms with E-state index in [4.69, 9.17) is 23.2 Å². The van der Waals surface area contributed by atoms with E-state index >= 15 is 0 Å². The maximum Gasteiger partial charge on any atom is 0.573 e. The van der Waals surface area contributed by atoms with Crippen molar-refractivity contribution in [3.63, 3.8) is 0 Å². The Morgan fingerprint density at radius 2 is 1.61 bits per heavy atom. The Hall–Kier alpha value is -1.39. The van der Waals surface area contributed by atoms with Gasteiger partial charge in [0.15, 0.2) is 5.37 Å². The molecule has 0 spiro atoms. The molecule has 1 aromatic rings. The first-order valence-electron chi connectivity index (χ1n) is 5.69. The summed E-state index contributed by atoms with van der Waals surface area (Å²) >= 11 is 14.1. The van der Waals surface area contributed by atoms with Crippen LogP contribution in [0.3, 0.4) is 0 Å². The summed E-state index contributed by atoms with van der Waals surface area (Å²) in [6.45, 7) is 0. The Morgan fingerprint density at radius 3 is 2.00 bits per heavy atom. The van der Waals surface area contributed by atoms with Gasteiger partial charge < -0.3 is 4.74 Å². The number of hydrogen-bond donors (Lipinski definition) is 1. The third-order valence-corrected chi connectivity index (χ3v) is 3.50. The van der Waals surface area contributed by atoms with Crippen molar-refractivity contribution in [2.24, 2.45) is 0 Å². The molecule has 12 heteroatoms. The lowest BCUT2D eigenvalue weighted by Crippen LogP contribution is -2.42. The number of hydrogen-bond acceptors (Lipinski definition) is 4. The van der Waals surface area contributed by atoms with Gasteiger partial charge >= 0.3 is 17.1 Å². The lowest BCUT2D eigenvalue weighted by Gasteiger charge is -2.24. The molecule has 0 saturated carbocycles. The van der Waals surface area contributed by atoms with E-state index < -0.39 is 34.1 Å². The van der Waals surface area contributed by atoms with Crippen molar-refractivity contribution in [2.45, 2.75) is 16.4 Å². The molecule has 0 radical (unpaired) electrons. The number of ether oxygens (including phenoxy) is 1. The maximum atomic E-state index is 13.6. The number of alkyl halides is 6. The number of amides is 3. The maximum absolute atomic E-state index is 13.6. The summed E-state index contributed by atoms with van der Waals surface area (Å²) in [5.74, 6) is -1.53. The lowest BCUT2D eigenvalue weighted by molar-refractivity contribution is -0.274. The minimum Gasteiger partial charge on any atom is -0.406 e. The van der Waals surface area contributed by atoms with Crippen LogP contribution in [0, 0.1) is 0 Å². The summed E-state index contributed by atoms with van der Waals surface area (Å²) in [5.41, 5.74) is -0.131. The largest absolute Gasteiger partial charge is 0.573 e. The summed E-state index contributed by atoms with van der Waals surface area (Å²) in [5, 5.41) is -1.59. The van der Waals surface area contributed by atoms with Crippen molar-refractivity contribution in [3.05, 3.63) is 24.3 Å². The number of halogens is 6. The van der Waals surface area contributed by atoms with E-state index in [2.05, 4.69) is 17.4 Å². The Balaban J connectivity index is 2.28. The minimum absolute atomic E-state index is 0.131. The third-order valence-electron chi connectivity index (χ3n) is 2.68. The number of nitrogens with zero attached hydrogens (tertiary/aromatic N) is 2. The normalized spacial score (nSPS) is 19.5. The summed E-state index contributed by atoms with van der Waals surface area (Å²) in [6, 6.07) is 2.55. The highest BCUT2D eigenvalue weighted by atomic mass is 35.5. The van der Waals surface area contributed by atoms with Crippen molar-refractivity contribution >= 4 is 53.5 Å². The second kappa shape index (κ2) is 5.91. The van der Waals surface area contributed by atoms with Crippen LogP contribution in [0.15, 0.2) is 24.3 Å². The van der Waals surface area contributed by atoms with Gasteiger partial charge in [0.05, 0.1) is 5.69 Å². The second-order valence-electron chi connectivity index (χ2n) is 4.21. The van der Waals surface area contributed by atoms with Gasteiger partial charge in [-0.05, 0) is 47.5 Å². The lowest BCUT2D eigenvalue weighted by atomic mass is 10.3. The standard InChI is InChI=1S/C11H6Cl2F4N2O3S/c12-10(13,14)19-8(23)7(20)18(9(19)21)5-1-3-6(4-2-5)22-11(15,16)17/h1-4,8,23H. The quantitative estimate of drug-likeness (QED) is 0.280. The SMILES string of the molecule is O=C1C(S)N(C(F)(Cl)Cl)C(=O)N1c1ccc(OC(F)(F)F)cc1. The topological polar surface area (TPSA) is 49.9 Å². The Morgan fingerprint density at radius 1 is 1.09 bits per heavy atom. The van der Waals surface area contributed by atoms with Crippen molar-refractivity contribution in [1.82, 2.24) is 4.90 Å². The van der Waals surface area contributed by atoms with E-state index in [0.717, 1.165) is 24.3 Å². The molecule has 5 nitrogen and oxygen atoms in total. The fourth-order valence-electron chi connectivity index (χ4n) is 1.81. The van der Waals surface area contributed by atoms with E-state index in [-0.39, 0.29) is 10.6 Å². The molecule has 0 N–H and O–H groups in total. The van der Waals surface area contributed by atoms with Crippen LogP contribution in [0.4, 0.5) is 28.0 Å². The molecular formula is C11H6Cl2F4N2O3S. The first-order chi connectivity index (χ1) is 10.4. The summed E-state index contributed by atoms with van der Waals surface area (Å²) in [7, 11) is 0. The molecule has 0 aromatic heterocycles. The van der Waals surface area contributed by atoms with E-state index in [1.807, 2.05) is 0 Å². The number of rotatable bonds is 3. The molecule has 2 rings (SSSR count). The number of urea groups is 1. The zero-order valence-electron chi connectivity index (χ0n) is 10.7. The van der Waals surface area contributed by atoms with Gasteiger partial charge in [-0.2, -0.15) is 4.39 Å². The van der Waals surface area contributed by atoms with Crippen molar-refractivity contribution in [1.29, 1.82) is 0 Å². The monoisotopic (exact) mass is 392 g/mol. The molecule has 1 aliphatic heterocycles. The molecule has 1 heterocycles. The van der Waals surface area contributed by atoms with Crippen molar-refractivity contribution < 1.29 is 31.9 Å². The van der Waals surface area contributed by atoms with Crippen LogP contribution in [0.2, 0.25) is 0 Å². The molecular weight excluding hydrogens is 387 g/mol. The minimum atomic E-state index is -4.89. The summed E-state index contributed by atoms with van der Waals surface area (Å²) < 4.78 is 50.3. The molecule has 1 fully saturated rings. The van der Waals surface area contributed by atoms with Crippen LogP contribution in [0.5, 0.6) is 5.75 Å². The van der Waals surface area contributed by atoms with E-state index in [9.17, 15) is 27.2 Å². The van der Waals surface area contributed by atoms with Gasteiger partial charge in [-0.25, -0.2) is 14.6 Å². The average molecular weight is 393 g/mol. The highest BCUT2D eigenvalue weighted by molar-refractivity contribution is 7.81. The number of carbonyl (C=O) groups is 2. The first kappa shape index (κ1) is 18.0. The molecule has 126 valence electrons. The highest BCUT2D eigenvalue weighted by Crippen LogP contribution is 2.38. The molecule has 0 aliphatic carbocycles. The van der Waals surface area contributed by atoms with Crippen LogP contribution in [-0.2, 0) is 4.79 Å². The molecule has 3 amide bonds. The Bertz CT molecular complexity index is 636. The Kier molecular flexibility index (Phi) is 4.62. The number of anilines is 1. The van der Waals surface area contributed by atoms with Gasteiger partial charge in [0.1, 0.15) is 5.75 Å². The van der Waals surface area contributed by atoms with Crippen LogP contribution in [0.25, 0.3) is 0 Å². The Labute approximate surface area is 142 Å². The predicted octanol–water partition coefficient (Wildman–Crippen LogP) is 3.67. The number of benzene rings is 1. The summed E-state index contributed by atoms with van der Waals surface area (Å²) in [4.78, 5) is 24.7.